The average molecular weight is 542 g/mol. The van der Waals surface area contributed by atoms with Crippen LogP contribution in [0.2, 0.25) is 0 Å². The highest BCUT2D eigenvalue weighted by atomic mass is 79.9. The van der Waals surface area contributed by atoms with Crippen molar-refractivity contribution in [1.82, 2.24) is 19.4 Å². The first kappa shape index (κ1) is 24.6. The van der Waals surface area contributed by atoms with E-state index >= 15 is 0 Å². The van der Waals surface area contributed by atoms with E-state index < -0.39 is 5.60 Å². The molecule has 0 aliphatic carbocycles. The van der Waals surface area contributed by atoms with Gasteiger partial charge in [0.1, 0.15) is 35.7 Å². The third-order valence-corrected chi connectivity index (χ3v) is 6.38. The molecule has 3 aromatic rings. The van der Waals surface area contributed by atoms with Gasteiger partial charge in [0.15, 0.2) is 0 Å². The zero-order valence-corrected chi connectivity index (χ0v) is 21.4. The van der Waals surface area contributed by atoms with Gasteiger partial charge in [0, 0.05) is 24.9 Å². The SMILES string of the molecule is CC(C)(C)OC(=O)N1CCC(n2c(Br)c(-c3ccc(OC/C=C/N=N)cc3)c3c(N)ncnc32)C1. The first-order valence-corrected chi connectivity index (χ1v) is 12.0. The molecule has 0 radical (unpaired) electrons. The van der Waals surface area contributed by atoms with Gasteiger partial charge in [-0.25, -0.2) is 20.3 Å². The number of nitrogens with one attached hydrogen (secondary N) is 1. The summed E-state index contributed by atoms with van der Waals surface area (Å²) in [7, 11) is 0. The summed E-state index contributed by atoms with van der Waals surface area (Å²) in [5.41, 5.74) is 15.1. The summed E-state index contributed by atoms with van der Waals surface area (Å²) >= 11 is 3.80. The van der Waals surface area contributed by atoms with Crippen molar-refractivity contribution in [1.29, 1.82) is 5.53 Å². The molecule has 1 aromatic carbocycles. The van der Waals surface area contributed by atoms with E-state index in [9.17, 15) is 4.79 Å². The van der Waals surface area contributed by atoms with Crippen molar-refractivity contribution in [2.75, 3.05) is 25.4 Å². The number of aromatic nitrogens is 3. The molecule has 1 unspecified atom stereocenters. The van der Waals surface area contributed by atoms with Crippen LogP contribution in [0.15, 0.2) is 52.6 Å². The Morgan fingerprint density at radius 3 is 2.74 bits per heavy atom. The zero-order valence-electron chi connectivity index (χ0n) is 19.9. The van der Waals surface area contributed by atoms with E-state index in [1.165, 1.54) is 12.5 Å². The van der Waals surface area contributed by atoms with Gasteiger partial charge in [-0.15, -0.1) is 0 Å². The lowest BCUT2D eigenvalue weighted by atomic mass is 10.1. The molecular weight excluding hydrogens is 514 g/mol. The van der Waals surface area contributed by atoms with Crippen LogP contribution in [-0.2, 0) is 4.74 Å². The van der Waals surface area contributed by atoms with Crippen LogP contribution in [-0.4, -0.2) is 50.8 Å². The monoisotopic (exact) mass is 541 g/mol. The second-order valence-electron chi connectivity index (χ2n) is 9.21. The Morgan fingerprint density at radius 2 is 2.06 bits per heavy atom. The number of nitrogen functional groups attached to an aromatic ring is 1. The Morgan fingerprint density at radius 1 is 1.31 bits per heavy atom. The van der Waals surface area contributed by atoms with Crippen molar-refractivity contribution in [2.24, 2.45) is 5.11 Å². The fourth-order valence-electron chi connectivity index (χ4n) is 4.13. The molecule has 10 nitrogen and oxygen atoms in total. The zero-order chi connectivity index (χ0) is 25.2. The van der Waals surface area contributed by atoms with Crippen LogP contribution in [0.4, 0.5) is 10.6 Å². The third kappa shape index (κ3) is 5.29. The summed E-state index contributed by atoms with van der Waals surface area (Å²) in [6.45, 7) is 7.01. The lowest BCUT2D eigenvalue weighted by molar-refractivity contribution is 0.0289. The summed E-state index contributed by atoms with van der Waals surface area (Å²) in [5, 5.41) is 3.92. The number of hydrogen-bond donors (Lipinski definition) is 2. The number of ether oxygens (including phenoxy) is 2. The maximum Gasteiger partial charge on any atom is 0.410 e. The van der Waals surface area contributed by atoms with Gasteiger partial charge in [-0.05, 0) is 66.9 Å². The molecule has 0 bridgehead atoms. The molecule has 3 heterocycles. The van der Waals surface area contributed by atoms with Crippen LogP contribution in [0.5, 0.6) is 5.75 Å². The standard InChI is InChI=1S/C24H28BrN7O3/c1-24(2,3)35-23(33)31-11-9-16(13-31)32-20(25)18(19-21(26)28-14-29-22(19)32)15-5-7-17(8-6-15)34-12-4-10-30-27/h4-8,10,14,16,27H,9,11-13H2,1-3H3,(H2,26,28,29)/b10-4+,30-27?. The van der Waals surface area contributed by atoms with Crippen LogP contribution < -0.4 is 10.5 Å². The summed E-state index contributed by atoms with van der Waals surface area (Å²) in [5.74, 6) is 1.08. The third-order valence-electron chi connectivity index (χ3n) is 5.60. The highest BCUT2D eigenvalue weighted by Crippen LogP contribution is 2.43. The maximum atomic E-state index is 12.6. The Hall–Kier alpha value is -3.47. The lowest BCUT2D eigenvalue weighted by Crippen LogP contribution is -2.35. The highest BCUT2D eigenvalue weighted by Gasteiger charge is 2.34. The Balaban J connectivity index is 1.66. The summed E-state index contributed by atoms with van der Waals surface area (Å²) in [6, 6.07) is 7.64. The number of hydrogen-bond acceptors (Lipinski definition) is 8. The van der Waals surface area contributed by atoms with E-state index in [-0.39, 0.29) is 12.1 Å². The minimum Gasteiger partial charge on any atom is -0.489 e. The van der Waals surface area contributed by atoms with Gasteiger partial charge in [-0.3, -0.25) is 0 Å². The molecule has 3 N–H and O–H groups in total. The number of carbonyl (C=O) groups is 1. The molecule has 1 fully saturated rings. The highest BCUT2D eigenvalue weighted by molar-refractivity contribution is 9.10. The van der Waals surface area contributed by atoms with Gasteiger partial charge in [0.05, 0.1) is 16.0 Å². The van der Waals surface area contributed by atoms with E-state index in [0.717, 1.165) is 27.5 Å². The normalized spacial score (nSPS) is 16.2. The first-order valence-electron chi connectivity index (χ1n) is 11.2. The Kier molecular flexibility index (Phi) is 7.06. The van der Waals surface area contributed by atoms with Gasteiger partial charge >= 0.3 is 6.09 Å². The Bertz CT molecular complexity index is 1260. The van der Waals surface area contributed by atoms with Gasteiger partial charge in [-0.1, -0.05) is 12.1 Å². The maximum absolute atomic E-state index is 12.6. The fraction of sp³-hybridized carbons (Fsp3) is 0.375. The average Bonchev–Trinajstić information content (AvgIpc) is 3.39. The topological polar surface area (TPSA) is 132 Å². The van der Waals surface area contributed by atoms with E-state index in [1.54, 1.807) is 11.0 Å². The molecule has 1 saturated heterocycles. The predicted molar refractivity (Wildman–Crippen MR) is 136 cm³/mol. The molecule has 1 aliphatic heterocycles. The van der Waals surface area contributed by atoms with Crippen LogP contribution in [0.1, 0.15) is 33.2 Å². The number of rotatable bonds is 6. The fourth-order valence-corrected chi connectivity index (χ4v) is 5.01. The molecular formula is C24H28BrN7O3. The Labute approximate surface area is 211 Å². The molecule has 11 heteroatoms. The van der Waals surface area contributed by atoms with Crippen molar-refractivity contribution >= 4 is 38.9 Å². The van der Waals surface area contributed by atoms with E-state index in [0.29, 0.717) is 36.9 Å². The number of benzene rings is 1. The number of anilines is 1. The number of likely N-dealkylation sites (tertiary alicyclic amines) is 1. The number of amides is 1. The summed E-state index contributed by atoms with van der Waals surface area (Å²) < 4.78 is 14.1. The van der Waals surface area contributed by atoms with Crippen LogP contribution in [0, 0.1) is 5.53 Å². The molecule has 1 aliphatic rings. The molecule has 4 rings (SSSR count). The van der Waals surface area contributed by atoms with E-state index in [1.807, 2.05) is 45.0 Å². The molecule has 2 aromatic heterocycles. The van der Waals surface area contributed by atoms with Gasteiger partial charge < -0.3 is 24.7 Å². The molecule has 35 heavy (non-hydrogen) atoms. The lowest BCUT2D eigenvalue weighted by Gasteiger charge is -2.24. The van der Waals surface area contributed by atoms with Gasteiger partial charge in [0.25, 0.3) is 0 Å². The number of carbonyl (C=O) groups excluding carboxylic acids is 1. The van der Waals surface area contributed by atoms with Gasteiger partial charge in [-0.2, -0.15) is 5.11 Å². The number of halogens is 1. The van der Waals surface area contributed by atoms with E-state index in [2.05, 4.69) is 35.6 Å². The van der Waals surface area contributed by atoms with Crippen molar-refractivity contribution < 1.29 is 14.3 Å². The largest absolute Gasteiger partial charge is 0.489 e. The minimum absolute atomic E-state index is 0.000661. The quantitative estimate of drug-likeness (QED) is 0.393. The molecule has 1 amide bonds. The number of nitrogens with two attached hydrogens (primary N) is 1. The van der Waals surface area contributed by atoms with Crippen molar-refractivity contribution in [3.8, 4) is 16.9 Å². The molecule has 0 spiro atoms. The van der Waals surface area contributed by atoms with Crippen molar-refractivity contribution in [3.05, 3.63) is 47.5 Å². The predicted octanol–water partition coefficient (Wildman–Crippen LogP) is 5.55. The van der Waals surface area contributed by atoms with Crippen LogP contribution in [0.3, 0.4) is 0 Å². The second-order valence-corrected chi connectivity index (χ2v) is 9.96. The van der Waals surface area contributed by atoms with Crippen LogP contribution >= 0.6 is 15.9 Å². The second kappa shape index (κ2) is 10.0. The van der Waals surface area contributed by atoms with Gasteiger partial charge in [0.2, 0.25) is 0 Å². The number of nitrogens with zero attached hydrogens (tertiary/aromatic N) is 5. The molecule has 0 saturated carbocycles. The molecule has 184 valence electrons. The van der Waals surface area contributed by atoms with Crippen LogP contribution in [0.25, 0.3) is 22.2 Å². The van der Waals surface area contributed by atoms with E-state index in [4.69, 9.17) is 20.7 Å². The van der Waals surface area contributed by atoms with Crippen molar-refractivity contribution in [2.45, 2.75) is 38.8 Å². The van der Waals surface area contributed by atoms with Crippen molar-refractivity contribution in [3.63, 3.8) is 0 Å². The first-order chi connectivity index (χ1) is 16.7. The number of fused-ring (bicyclic) bond motifs is 1. The summed E-state index contributed by atoms with van der Waals surface area (Å²) in [6.07, 6.45) is 4.93. The minimum atomic E-state index is -0.548. The molecule has 1 atom stereocenters. The smallest absolute Gasteiger partial charge is 0.410 e. The summed E-state index contributed by atoms with van der Waals surface area (Å²) in [4.78, 5) is 23.1.